The lowest BCUT2D eigenvalue weighted by Gasteiger charge is -2.40. The molecule has 3 aliphatic rings. The number of alkyl halides is 1. The average Bonchev–Trinajstić information content (AvgIpc) is 3.35. The molecule has 1 N–H and O–H groups in total. The minimum absolute atomic E-state index is 0.0917. The number of carbonyl (C=O) groups excluding carboxylic acids is 3. The van der Waals surface area contributed by atoms with Gasteiger partial charge in [-0.15, -0.1) is 6.58 Å². The maximum absolute atomic E-state index is 14.1. The summed E-state index contributed by atoms with van der Waals surface area (Å²) in [6.07, 6.45) is 3.31. The van der Waals surface area contributed by atoms with Gasteiger partial charge in [-0.05, 0) is 25.7 Å². The van der Waals surface area contributed by atoms with E-state index >= 15 is 0 Å². The van der Waals surface area contributed by atoms with Gasteiger partial charge in [0.05, 0.1) is 37.2 Å². The summed E-state index contributed by atoms with van der Waals surface area (Å²) in [5.74, 6) is -2.69. The zero-order valence-corrected chi connectivity index (χ0v) is 21.6. The summed E-state index contributed by atoms with van der Waals surface area (Å²) < 4.78 is 11.8. The molecule has 3 rings (SSSR count). The number of ether oxygens (including phenoxy) is 2. The second kappa shape index (κ2) is 10.4. The zero-order valence-electron chi connectivity index (χ0n) is 20.0. The summed E-state index contributed by atoms with van der Waals surface area (Å²) >= 11 is 3.64. The first-order valence-electron chi connectivity index (χ1n) is 12.0. The van der Waals surface area contributed by atoms with E-state index in [4.69, 9.17) is 9.47 Å². The number of fused-ring (bicyclic) bond motifs is 1. The molecule has 9 heteroatoms. The van der Waals surface area contributed by atoms with E-state index in [0.29, 0.717) is 19.5 Å². The third-order valence-electron chi connectivity index (χ3n) is 7.28. The normalized spacial score (nSPS) is 33.4. The van der Waals surface area contributed by atoms with Crippen molar-refractivity contribution < 1.29 is 29.0 Å². The Hall–Kier alpha value is -1.45. The number of hydrogen-bond donors (Lipinski definition) is 1. The highest BCUT2D eigenvalue weighted by molar-refractivity contribution is 9.09. The molecule has 3 fully saturated rings. The molecule has 7 atom stereocenters. The first-order chi connectivity index (χ1) is 15.7. The topological polar surface area (TPSA) is 96.4 Å². The maximum Gasteiger partial charge on any atom is 0.312 e. The monoisotopic (exact) mass is 528 g/mol. The van der Waals surface area contributed by atoms with Crippen molar-refractivity contribution in [1.82, 2.24) is 9.80 Å². The van der Waals surface area contributed by atoms with E-state index in [1.807, 2.05) is 13.8 Å². The van der Waals surface area contributed by atoms with Crippen LogP contribution in [-0.2, 0) is 23.9 Å². The molecular weight excluding hydrogens is 492 g/mol. The first kappa shape index (κ1) is 26.2. The highest BCUT2D eigenvalue weighted by Crippen LogP contribution is 2.60. The standard InChI is InChI=1S/C24H37BrN2O6/c1-6-9-11-26(10-7-2)22(30)20-24-12-15(25)19(33-24)17(23(31)32-8-3)18(24)21(29)27(20)16(13-28)14(4)5/h7,14-20,28H,2,6,8-13H2,1,3-5H3/t15?,16-,17-,18-,19-,20?,24?/m0/s1. The number of hydrogen-bond acceptors (Lipinski definition) is 6. The van der Waals surface area contributed by atoms with Crippen molar-refractivity contribution in [2.75, 3.05) is 26.3 Å². The molecule has 0 aromatic carbocycles. The van der Waals surface area contributed by atoms with Crippen molar-refractivity contribution in [1.29, 1.82) is 0 Å². The summed E-state index contributed by atoms with van der Waals surface area (Å²) in [6, 6.07) is -1.49. The fraction of sp³-hybridized carbons (Fsp3) is 0.792. The van der Waals surface area contributed by atoms with E-state index in [1.54, 1.807) is 17.9 Å². The predicted octanol–water partition coefficient (Wildman–Crippen LogP) is 2.13. The van der Waals surface area contributed by atoms with E-state index in [2.05, 4.69) is 29.4 Å². The molecule has 33 heavy (non-hydrogen) atoms. The van der Waals surface area contributed by atoms with Crippen LogP contribution in [-0.4, -0.2) is 87.6 Å². The lowest BCUT2D eigenvalue weighted by atomic mass is 9.70. The summed E-state index contributed by atoms with van der Waals surface area (Å²) in [7, 11) is 0. The van der Waals surface area contributed by atoms with Gasteiger partial charge in [0.2, 0.25) is 11.8 Å². The number of likely N-dealkylation sites (tertiary alicyclic amines) is 1. The lowest BCUT2D eigenvalue weighted by molar-refractivity contribution is -0.156. The van der Waals surface area contributed by atoms with E-state index < -0.39 is 41.6 Å². The molecule has 0 radical (unpaired) electrons. The van der Waals surface area contributed by atoms with Crippen molar-refractivity contribution in [3.8, 4) is 0 Å². The fourth-order valence-corrected chi connectivity index (χ4v) is 6.74. The summed E-state index contributed by atoms with van der Waals surface area (Å²) in [5.41, 5.74) is -1.14. The third-order valence-corrected chi connectivity index (χ3v) is 8.12. The first-order valence-corrected chi connectivity index (χ1v) is 12.9. The molecule has 0 aromatic heterocycles. The van der Waals surface area contributed by atoms with Crippen LogP contribution in [0.5, 0.6) is 0 Å². The number of amides is 2. The maximum atomic E-state index is 14.1. The van der Waals surface area contributed by atoms with Crippen molar-refractivity contribution in [2.45, 2.75) is 75.6 Å². The van der Waals surface area contributed by atoms with Crippen LogP contribution in [0.2, 0.25) is 0 Å². The van der Waals surface area contributed by atoms with Crippen molar-refractivity contribution in [3.05, 3.63) is 12.7 Å². The minimum atomic E-state index is -1.14. The average molecular weight is 529 g/mol. The predicted molar refractivity (Wildman–Crippen MR) is 127 cm³/mol. The second-order valence-corrected chi connectivity index (χ2v) is 10.8. The fourth-order valence-electron chi connectivity index (χ4n) is 5.80. The Balaban J connectivity index is 2.11. The molecule has 2 amide bonds. The molecule has 3 saturated heterocycles. The zero-order chi connectivity index (χ0) is 24.5. The van der Waals surface area contributed by atoms with E-state index in [1.165, 1.54) is 4.90 Å². The van der Waals surface area contributed by atoms with E-state index in [0.717, 1.165) is 12.8 Å². The number of halogens is 1. The van der Waals surface area contributed by atoms with Gasteiger partial charge in [-0.2, -0.15) is 0 Å². The van der Waals surface area contributed by atoms with Gasteiger partial charge < -0.3 is 24.4 Å². The van der Waals surface area contributed by atoms with Crippen LogP contribution in [0.25, 0.3) is 0 Å². The number of carbonyl (C=O) groups is 3. The van der Waals surface area contributed by atoms with Crippen LogP contribution in [0, 0.1) is 17.8 Å². The number of aliphatic hydroxyl groups is 1. The van der Waals surface area contributed by atoms with Crippen LogP contribution in [0.1, 0.15) is 47.0 Å². The smallest absolute Gasteiger partial charge is 0.312 e. The van der Waals surface area contributed by atoms with Gasteiger partial charge in [-0.1, -0.05) is 49.2 Å². The van der Waals surface area contributed by atoms with Crippen LogP contribution < -0.4 is 0 Å². The quantitative estimate of drug-likeness (QED) is 0.250. The van der Waals surface area contributed by atoms with Crippen molar-refractivity contribution in [2.24, 2.45) is 17.8 Å². The van der Waals surface area contributed by atoms with Crippen LogP contribution >= 0.6 is 15.9 Å². The molecule has 0 saturated carbocycles. The summed E-state index contributed by atoms with van der Waals surface area (Å²) in [5, 5.41) is 10.2. The van der Waals surface area contributed by atoms with E-state index in [-0.39, 0.29) is 35.8 Å². The number of unbranched alkanes of at least 4 members (excludes halogenated alkanes) is 1. The Morgan fingerprint density at radius 2 is 2.12 bits per heavy atom. The molecule has 8 nitrogen and oxygen atoms in total. The van der Waals surface area contributed by atoms with Crippen molar-refractivity contribution >= 4 is 33.7 Å². The molecule has 0 aliphatic carbocycles. The Morgan fingerprint density at radius 3 is 2.67 bits per heavy atom. The van der Waals surface area contributed by atoms with Crippen LogP contribution in [0.3, 0.4) is 0 Å². The largest absolute Gasteiger partial charge is 0.466 e. The molecule has 3 aliphatic heterocycles. The Bertz CT molecular complexity index is 776. The second-order valence-electron chi connectivity index (χ2n) is 9.58. The van der Waals surface area contributed by atoms with Crippen LogP contribution in [0.15, 0.2) is 12.7 Å². The molecule has 2 bridgehead atoms. The molecule has 186 valence electrons. The highest BCUT2D eigenvalue weighted by atomic mass is 79.9. The lowest BCUT2D eigenvalue weighted by Crippen LogP contribution is -2.60. The Labute approximate surface area is 204 Å². The van der Waals surface area contributed by atoms with Gasteiger partial charge in [-0.3, -0.25) is 14.4 Å². The van der Waals surface area contributed by atoms with Gasteiger partial charge >= 0.3 is 5.97 Å². The summed E-state index contributed by atoms with van der Waals surface area (Å²) in [4.78, 5) is 44.0. The van der Waals surface area contributed by atoms with Gasteiger partial charge in [0.25, 0.3) is 0 Å². The number of aliphatic hydroxyl groups excluding tert-OH is 1. The Kier molecular flexibility index (Phi) is 8.28. The van der Waals surface area contributed by atoms with Gasteiger partial charge in [0.15, 0.2) is 0 Å². The molecule has 3 unspecified atom stereocenters. The summed E-state index contributed by atoms with van der Waals surface area (Å²) in [6.45, 7) is 12.2. The highest BCUT2D eigenvalue weighted by Gasteiger charge is 2.77. The molecule has 1 spiro atoms. The molecule has 3 heterocycles. The Morgan fingerprint density at radius 1 is 1.42 bits per heavy atom. The number of esters is 1. The minimum Gasteiger partial charge on any atom is -0.466 e. The molecular formula is C24H37BrN2O6. The van der Waals surface area contributed by atoms with E-state index in [9.17, 15) is 19.5 Å². The molecule has 0 aromatic rings. The third kappa shape index (κ3) is 4.25. The van der Waals surface area contributed by atoms with Crippen molar-refractivity contribution in [3.63, 3.8) is 0 Å². The number of rotatable bonds is 11. The van der Waals surface area contributed by atoms with Crippen LogP contribution in [0.4, 0.5) is 0 Å². The van der Waals surface area contributed by atoms with Gasteiger partial charge in [0.1, 0.15) is 11.6 Å². The number of nitrogens with zero attached hydrogens (tertiary/aromatic N) is 2. The van der Waals surface area contributed by atoms with Gasteiger partial charge in [-0.25, -0.2) is 0 Å². The SMILES string of the molecule is C=CCN(CCCC)C(=O)C1N([C@@H](CO)C(C)C)C(=O)[C@@H]2[C@H](C(=O)OCC)[C@H]3OC12CC3Br. The van der Waals surface area contributed by atoms with Gasteiger partial charge in [0, 0.05) is 17.9 Å².